The fraction of sp³-hybridized carbons (Fsp3) is 0.182. The highest BCUT2D eigenvalue weighted by Gasteiger charge is 2.19. The van der Waals surface area contributed by atoms with E-state index >= 15 is 0 Å². The maximum atomic E-state index is 11.9. The molecular weight excluding hydrogens is 238 g/mol. The van der Waals surface area contributed by atoms with Crippen LogP contribution in [0, 0.1) is 13.8 Å². The van der Waals surface area contributed by atoms with Crippen LogP contribution in [0.1, 0.15) is 16.2 Å². The zero-order valence-electron chi connectivity index (χ0n) is 9.43. The molecule has 0 fully saturated rings. The van der Waals surface area contributed by atoms with Crippen LogP contribution in [0.25, 0.3) is 0 Å². The van der Waals surface area contributed by atoms with Crippen molar-refractivity contribution in [2.24, 2.45) is 5.73 Å². The molecule has 1 aliphatic heterocycles. The number of carbonyl (C=O) groups is 2. The number of thioether (sulfide) groups is 1. The number of allylic oxidation sites excluding steroid dienone is 1. The Bertz CT molecular complexity index is 569. The number of aryl methyl sites for hydroxylation is 2. The standard InChI is InChI=1S/C11H11N3O2S/c1-6-3-7(2)14(13-6)10(15)5-9-8(12)4-11(16)17-9/h3-5H,12H2,1-2H3/b9-5-. The Labute approximate surface area is 102 Å². The van der Waals surface area contributed by atoms with E-state index in [-0.39, 0.29) is 11.0 Å². The maximum Gasteiger partial charge on any atom is 0.272 e. The summed E-state index contributed by atoms with van der Waals surface area (Å²) >= 11 is 0.952. The third-order valence-electron chi connectivity index (χ3n) is 2.24. The molecule has 0 radical (unpaired) electrons. The van der Waals surface area contributed by atoms with Gasteiger partial charge >= 0.3 is 0 Å². The van der Waals surface area contributed by atoms with E-state index in [1.807, 2.05) is 13.0 Å². The summed E-state index contributed by atoms with van der Waals surface area (Å²) in [5.74, 6) is -0.302. The quantitative estimate of drug-likeness (QED) is 0.755. The molecule has 2 rings (SSSR count). The predicted octanol–water partition coefficient (Wildman–Crippen LogP) is 1.14. The van der Waals surface area contributed by atoms with Gasteiger partial charge in [-0.1, -0.05) is 0 Å². The Morgan fingerprint density at radius 3 is 2.71 bits per heavy atom. The Morgan fingerprint density at radius 1 is 1.53 bits per heavy atom. The molecule has 2 heterocycles. The van der Waals surface area contributed by atoms with Crippen molar-refractivity contribution in [2.75, 3.05) is 0 Å². The molecule has 0 bridgehead atoms. The van der Waals surface area contributed by atoms with E-state index in [9.17, 15) is 9.59 Å². The van der Waals surface area contributed by atoms with Crippen molar-refractivity contribution in [2.45, 2.75) is 13.8 Å². The van der Waals surface area contributed by atoms with Gasteiger partial charge in [-0.25, -0.2) is 4.68 Å². The summed E-state index contributed by atoms with van der Waals surface area (Å²) < 4.78 is 1.29. The molecule has 5 nitrogen and oxygen atoms in total. The number of hydrogen-bond acceptors (Lipinski definition) is 5. The molecular formula is C11H11N3O2S. The van der Waals surface area contributed by atoms with Crippen molar-refractivity contribution in [1.29, 1.82) is 0 Å². The average molecular weight is 249 g/mol. The first-order chi connectivity index (χ1) is 7.97. The normalized spacial score (nSPS) is 17.6. The Kier molecular flexibility index (Phi) is 2.89. The first-order valence-electron chi connectivity index (χ1n) is 4.96. The zero-order chi connectivity index (χ0) is 12.6. The second-order valence-corrected chi connectivity index (χ2v) is 4.75. The van der Waals surface area contributed by atoms with E-state index in [4.69, 9.17) is 5.73 Å². The van der Waals surface area contributed by atoms with Crippen LogP contribution in [-0.2, 0) is 4.79 Å². The van der Waals surface area contributed by atoms with Gasteiger partial charge in [0.1, 0.15) is 0 Å². The molecule has 0 saturated heterocycles. The van der Waals surface area contributed by atoms with Gasteiger partial charge in [0.2, 0.25) is 5.12 Å². The molecule has 6 heteroatoms. The van der Waals surface area contributed by atoms with Crippen LogP contribution < -0.4 is 5.73 Å². The maximum absolute atomic E-state index is 11.9. The monoisotopic (exact) mass is 249 g/mol. The minimum absolute atomic E-state index is 0.157. The van der Waals surface area contributed by atoms with Crippen LogP contribution in [0.15, 0.2) is 28.8 Å². The molecule has 0 atom stereocenters. The number of rotatable bonds is 1. The van der Waals surface area contributed by atoms with E-state index in [2.05, 4.69) is 5.10 Å². The number of nitrogens with two attached hydrogens (primary N) is 1. The van der Waals surface area contributed by atoms with Gasteiger partial charge in [-0.05, 0) is 31.7 Å². The molecule has 0 aliphatic carbocycles. The van der Waals surface area contributed by atoms with Crippen LogP contribution in [-0.4, -0.2) is 20.8 Å². The summed E-state index contributed by atoms with van der Waals surface area (Å²) in [6, 6.07) is 1.81. The highest BCUT2D eigenvalue weighted by Crippen LogP contribution is 2.29. The van der Waals surface area contributed by atoms with Crippen LogP contribution in [0.5, 0.6) is 0 Å². The summed E-state index contributed by atoms with van der Waals surface area (Å²) in [7, 11) is 0. The summed E-state index contributed by atoms with van der Waals surface area (Å²) in [6.45, 7) is 3.61. The van der Waals surface area contributed by atoms with E-state index in [0.29, 0.717) is 10.6 Å². The lowest BCUT2D eigenvalue weighted by molar-refractivity contribution is -0.106. The number of carbonyl (C=O) groups excluding carboxylic acids is 2. The molecule has 0 amide bonds. The average Bonchev–Trinajstić information content (AvgIpc) is 2.70. The lowest BCUT2D eigenvalue weighted by Crippen LogP contribution is -2.12. The van der Waals surface area contributed by atoms with Gasteiger partial charge in [-0.3, -0.25) is 9.59 Å². The van der Waals surface area contributed by atoms with Crippen molar-refractivity contribution in [3.63, 3.8) is 0 Å². The van der Waals surface area contributed by atoms with Gasteiger partial charge in [0.15, 0.2) is 0 Å². The molecule has 1 aromatic heterocycles. The topological polar surface area (TPSA) is 78.0 Å². The second kappa shape index (κ2) is 4.21. The third-order valence-corrected chi connectivity index (χ3v) is 3.13. The fourth-order valence-corrected chi connectivity index (χ4v) is 2.27. The first kappa shape index (κ1) is 11.7. The predicted molar refractivity (Wildman–Crippen MR) is 65.3 cm³/mol. The van der Waals surface area contributed by atoms with E-state index in [0.717, 1.165) is 23.1 Å². The van der Waals surface area contributed by atoms with Gasteiger partial charge in [0.05, 0.1) is 11.4 Å². The molecule has 1 aliphatic rings. The molecule has 17 heavy (non-hydrogen) atoms. The number of nitrogens with zero attached hydrogens (tertiary/aromatic N) is 2. The highest BCUT2D eigenvalue weighted by atomic mass is 32.2. The fourth-order valence-electron chi connectivity index (χ4n) is 1.53. The second-order valence-electron chi connectivity index (χ2n) is 3.71. The van der Waals surface area contributed by atoms with E-state index < -0.39 is 0 Å². The minimum Gasteiger partial charge on any atom is -0.398 e. The molecule has 0 aromatic carbocycles. The Hall–Kier alpha value is -1.82. The molecule has 0 saturated carbocycles. The third kappa shape index (κ3) is 2.31. The minimum atomic E-state index is -0.302. The highest BCUT2D eigenvalue weighted by molar-refractivity contribution is 8.18. The van der Waals surface area contributed by atoms with Gasteiger partial charge in [0.25, 0.3) is 5.91 Å². The first-order valence-corrected chi connectivity index (χ1v) is 5.77. The molecule has 2 N–H and O–H groups in total. The van der Waals surface area contributed by atoms with Gasteiger partial charge in [-0.15, -0.1) is 0 Å². The van der Waals surface area contributed by atoms with Crippen molar-refractivity contribution in [3.05, 3.63) is 40.2 Å². The number of hydrogen-bond donors (Lipinski definition) is 1. The number of aromatic nitrogens is 2. The van der Waals surface area contributed by atoms with Crippen molar-refractivity contribution >= 4 is 22.8 Å². The molecule has 88 valence electrons. The van der Waals surface area contributed by atoms with Gasteiger partial charge in [-0.2, -0.15) is 5.10 Å². The van der Waals surface area contributed by atoms with Gasteiger partial charge < -0.3 is 5.73 Å². The van der Waals surface area contributed by atoms with Crippen molar-refractivity contribution < 1.29 is 9.59 Å². The Balaban J connectivity index is 2.29. The zero-order valence-corrected chi connectivity index (χ0v) is 10.2. The van der Waals surface area contributed by atoms with Crippen LogP contribution in [0.4, 0.5) is 0 Å². The Morgan fingerprint density at radius 2 is 2.24 bits per heavy atom. The molecule has 0 spiro atoms. The van der Waals surface area contributed by atoms with Gasteiger partial charge in [0, 0.05) is 22.8 Å². The summed E-state index contributed by atoms with van der Waals surface area (Å²) in [6.07, 6.45) is 2.64. The van der Waals surface area contributed by atoms with Crippen molar-refractivity contribution in [1.82, 2.24) is 9.78 Å². The lowest BCUT2D eigenvalue weighted by Gasteiger charge is -2.00. The molecule has 1 aromatic rings. The van der Waals surface area contributed by atoms with E-state index in [1.165, 1.54) is 16.8 Å². The summed E-state index contributed by atoms with van der Waals surface area (Å²) in [4.78, 5) is 23.5. The van der Waals surface area contributed by atoms with E-state index in [1.54, 1.807) is 6.92 Å². The van der Waals surface area contributed by atoms with Crippen LogP contribution in [0.3, 0.4) is 0 Å². The summed E-state index contributed by atoms with van der Waals surface area (Å²) in [5, 5.41) is 3.91. The van der Waals surface area contributed by atoms with Crippen molar-refractivity contribution in [3.8, 4) is 0 Å². The van der Waals surface area contributed by atoms with Crippen LogP contribution in [0.2, 0.25) is 0 Å². The largest absolute Gasteiger partial charge is 0.398 e. The van der Waals surface area contributed by atoms with Crippen LogP contribution >= 0.6 is 11.8 Å². The smallest absolute Gasteiger partial charge is 0.272 e. The summed E-state index contributed by atoms with van der Waals surface area (Å²) in [5.41, 5.74) is 7.46. The SMILES string of the molecule is Cc1cc(C)n(C(=O)/C=C2\SC(=O)C=C2N)n1. The molecule has 0 unspecified atom stereocenters. The lowest BCUT2D eigenvalue weighted by atomic mass is 10.3.